The molecule has 0 bridgehead atoms. The molecule has 5 nitrogen and oxygen atoms in total. The molecule has 1 aromatic heterocycles. The van der Waals surface area contributed by atoms with Gasteiger partial charge in [0.1, 0.15) is 5.82 Å². The van der Waals surface area contributed by atoms with Crippen molar-refractivity contribution in [1.82, 2.24) is 15.2 Å². The van der Waals surface area contributed by atoms with Crippen molar-refractivity contribution in [1.29, 1.82) is 0 Å². The topological polar surface area (TPSA) is 48.5 Å². The van der Waals surface area contributed by atoms with Crippen LogP contribution in [0, 0.1) is 0 Å². The first-order valence-corrected chi connectivity index (χ1v) is 6.21. The van der Waals surface area contributed by atoms with Gasteiger partial charge in [0.25, 0.3) is 5.91 Å². The van der Waals surface area contributed by atoms with E-state index in [-0.39, 0.29) is 5.91 Å². The van der Waals surface area contributed by atoms with Gasteiger partial charge in [-0.15, -0.1) is 0 Å². The zero-order valence-corrected chi connectivity index (χ0v) is 11.2. The number of pyridine rings is 1. The van der Waals surface area contributed by atoms with Gasteiger partial charge in [-0.3, -0.25) is 4.79 Å². The number of carbonyl (C=O) groups excluding carboxylic acids is 1. The Labute approximate surface area is 108 Å². The summed E-state index contributed by atoms with van der Waals surface area (Å²) in [4.78, 5) is 19.9. The molecule has 0 radical (unpaired) electrons. The largest absolute Gasteiger partial charge is 0.355 e. The predicted molar refractivity (Wildman–Crippen MR) is 71.9 cm³/mol. The van der Waals surface area contributed by atoms with Crippen molar-refractivity contribution in [2.24, 2.45) is 0 Å². The number of nitrogens with zero attached hydrogens (tertiary/aromatic N) is 3. The molecule has 1 aromatic rings. The van der Waals surface area contributed by atoms with Crippen LogP contribution in [0.5, 0.6) is 0 Å². The summed E-state index contributed by atoms with van der Waals surface area (Å²) >= 11 is 0. The first-order valence-electron chi connectivity index (χ1n) is 6.21. The standard InChI is InChI=1S/C13H20N4O/c1-14-11-6-7-17(9-11)12-5-4-10(8-15-12)13(18)16(2)3/h4-5,8,11,14H,6-7,9H2,1-3H3. The number of rotatable bonds is 3. The van der Waals surface area contributed by atoms with E-state index in [2.05, 4.69) is 15.2 Å². The summed E-state index contributed by atoms with van der Waals surface area (Å²) in [6.07, 6.45) is 2.79. The van der Waals surface area contributed by atoms with Crippen LogP contribution in [0.25, 0.3) is 0 Å². The maximum absolute atomic E-state index is 11.7. The number of aromatic nitrogens is 1. The fourth-order valence-electron chi connectivity index (χ4n) is 2.16. The second kappa shape index (κ2) is 5.35. The molecule has 1 aliphatic heterocycles. The van der Waals surface area contributed by atoms with E-state index < -0.39 is 0 Å². The Morgan fingerprint density at radius 1 is 1.50 bits per heavy atom. The maximum Gasteiger partial charge on any atom is 0.254 e. The van der Waals surface area contributed by atoms with Crippen LogP contribution in [-0.2, 0) is 0 Å². The minimum absolute atomic E-state index is 0.0106. The van der Waals surface area contributed by atoms with E-state index in [0.717, 1.165) is 25.3 Å². The van der Waals surface area contributed by atoms with Crippen LogP contribution in [0.15, 0.2) is 18.3 Å². The molecule has 2 heterocycles. The summed E-state index contributed by atoms with van der Waals surface area (Å²) < 4.78 is 0. The fraction of sp³-hybridized carbons (Fsp3) is 0.538. The van der Waals surface area contributed by atoms with Gasteiger partial charge in [0.2, 0.25) is 0 Å². The summed E-state index contributed by atoms with van der Waals surface area (Å²) in [6, 6.07) is 4.31. The highest BCUT2D eigenvalue weighted by Gasteiger charge is 2.22. The summed E-state index contributed by atoms with van der Waals surface area (Å²) in [7, 11) is 5.48. The molecule has 5 heteroatoms. The molecular weight excluding hydrogens is 228 g/mol. The van der Waals surface area contributed by atoms with Crippen LogP contribution in [0.1, 0.15) is 16.8 Å². The molecule has 2 rings (SSSR count). The van der Waals surface area contributed by atoms with Gasteiger partial charge in [0, 0.05) is 39.4 Å². The van der Waals surface area contributed by atoms with Gasteiger partial charge in [-0.05, 0) is 25.6 Å². The normalized spacial score (nSPS) is 19.1. The number of hydrogen-bond acceptors (Lipinski definition) is 4. The zero-order valence-electron chi connectivity index (χ0n) is 11.2. The molecule has 1 aliphatic rings. The maximum atomic E-state index is 11.7. The summed E-state index contributed by atoms with van der Waals surface area (Å²) in [6.45, 7) is 1.99. The van der Waals surface area contributed by atoms with Gasteiger partial charge < -0.3 is 15.1 Å². The smallest absolute Gasteiger partial charge is 0.254 e. The van der Waals surface area contributed by atoms with Crippen molar-refractivity contribution in [2.75, 3.05) is 39.1 Å². The van der Waals surface area contributed by atoms with Crippen LogP contribution in [0.3, 0.4) is 0 Å². The first kappa shape index (κ1) is 12.8. The number of nitrogens with one attached hydrogen (secondary N) is 1. The molecule has 1 unspecified atom stereocenters. The monoisotopic (exact) mass is 248 g/mol. The molecule has 0 spiro atoms. The first-order chi connectivity index (χ1) is 8.61. The molecule has 1 fully saturated rings. The van der Waals surface area contributed by atoms with Crippen LogP contribution >= 0.6 is 0 Å². The Hall–Kier alpha value is -1.62. The van der Waals surface area contributed by atoms with E-state index in [1.165, 1.54) is 0 Å². The third-order valence-electron chi connectivity index (χ3n) is 3.32. The Kier molecular flexibility index (Phi) is 3.81. The second-order valence-corrected chi connectivity index (χ2v) is 4.82. The lowest BCUT2D eigenvalue weighted by Crippen LogP contribution is -2.30. The lowest BCUT2D eigenvalue weighted by atomic mass is 10.2. The fourth-order valence-corrected chi connectivity index (χ4v) is 2.16. The van der Waals surface area contributed by atoms with E-state index in [4.69, 9.17) is 0 Å². The van der Waals surface area contributed by atoms with Crippen molar-refractivity contribution in [3.63, 3.8) is 0 Å². The molecule has 1 atom stereocenters. The lowest BCUT2D eigenvalue weighted by Gasteiger charge is -2.18. The van der Waals surface area contributed by atoms with Crippen molar-refractivity contribution >= 4 is 11.7 Å². The summed E-state index contributed by atoms with van der Waals surface area (Å²) in [5.74, 6) is 0.937. The van der Waals surface area contributed by atoms with Crippen LogP contribution in [0.2, 0.25) is 0 Å². The number of carbonyl (C=O) groups is 1. The summed E-state index contributed by atoms with van der Waals surface area (Å²) in [5.41, 5.74) is 0.633. The third kappa shape index (κ3) is 2.61. The Bertz CT molecular complexity index is 416. The zero-order chi connectivity index (χ0) is 13.1. The molecule has 0 aliphatic carbocycles. The molecule has 1 saturated heterocycles. The molecule has 0 aromatic carbocycles. The predicted octanol–water partition coefficient (Wildman–Crippen LogP) is 0.581. The van der Waals surface area contributed by atoms with Crippen molar-refractivity contribution in [2.45, 2.75) is 12.5 Å². The second-order valence-electron chi connectivity index (χ2n) is 4.82. The third-order valence-corrected chi connectivity index (χ3v) is 3.32. The van der Waals surface area contributed by atoms with Gasteiger partial charge in [-0.2, -0.15) is 0 Å². The van der Waals surface area contributed by atoms with E-state index in [0.29, 0.717) is 11.6 Å². The van der Waals surface area contributed by atoms with E-state index >= 15 is 0 Å². The van der Waals surface area contributed by atoms with E-state index in [9.17, 15) is 4.79 Å². The average Bonchev–Trinajstić information content (AvgIpc) is 2.86. The Morgan fingerprint density at radius 3 is 2.78 bits per heavy atom. The number of anilines is 1. The highest BCUT2D eigenvalue weighted by Crippen LogP contribution is 2.18. The van der Waals surface area contributed by atoms with E-state index in [1.54, 1.807) is 25.2 Å². The number of amides is 1. The highest BCUT2D eigenvalue weighted by molar-refractivity contribution is 5.93. The van der Waals surface area contributed by atoms with E-state index in [1.807, 2.05) is 19.2 Å². The molecule has 98 valence electrons. The SMILES string of the molecule is CNC1CCN(c2ccc(C(=O)N(C)C)cn2)C1. The van der Waals surface area contributed by atoms with Crippen molar-refractivity contribution < 1.29 is 4.79 Å². The van der Waals surface area contributed by atoms with Crippen LogP contribution in [-0.4, -0.2) is 56.1 Å². The molecule has 1 N–H and O–H groups in total. The summed E-state index contributed by atoms with van der Waals surface area (Å²) in [5, 5.41) is 3.28. The van der Waals surface area contributed by atoms with Crippen LogP contribution in [0.4, 0.5) is 5.82 Å². The molecule has 1 amide bonds. The molecule has 18 heavy (non-hydrogen) atoms. The lowest BCUT2D eigenvalue weighted by molar-refractivity contribution is 0.0827. The highest BCUT2D eigenvalue weighted by atomic mass is 16.2. The minimum atomic E-state index is -0.0106. The van der Waals surface area contributed by atoms with Crippen molar-refractivity contribution in [3.05, 3.63) is 23.9 Å². The average molecular weight is 248 g/mol. The van der Waals surface area contributed by atoms with Gasteiger partial charge in [0.05, 0.1) is 5.56 Å². The van der Waals surface area contributed by atoms with Gasteiger partial charge in [0.15, 0.2) is 0 Å². The molecular formula is C13H20N4O. The Morgan fingerprint density at radius 2 is 2.28 bits per heavy atom. The van der Waals surface area contributed by atoms with Crippen LogP contribution < -0.4 is 10.2 Å². The number of hydrogen-bond donors (Lipinski definition) is 1. The minimum Gasteiger partial charge on any atom is -0.355 e. The van der Waals surface area contributed by atoms with Gasteiger partial charge in [-0.1, -0.05) is 0 Å². The van der Waals surface area contributed by atoms with Gasteiger partial charge >= 0.3 is 0 Å². The molecule has 0 saturated carbocycles. The quantitative estimate of drug-likeness (QED) is 0.850. The number of likely N-dealkylation sites (N-methyl/N-ethyl adjacent to an activating group) is 1. The Balaban J connectivity index is 2.06. The van der Waals surface area contributed by atoms with Crippen molar-refractivity contribution in [3.8, 4) is 0 Å². The van der Waals surface area contributed by atoms with Gasteiger partial charge in [-0.25, -0.2) is 4.98 Å².